The van der Waals surface area contributed by atoms with Crippen molar-refractivity contribution in [2.24, 2.45) is 5.92 Å². The molecule has 0 bridgehead atoms. The molecule has 0 fully saturated rings. The highest BCUT2D eigenvalue weighted by atomic mass is 19.4. The average Bonchev–Trinajstić information content (AvgIpc) is 2.37. The number of alkyl halides is 6. The molecule has 1 atom stereocenters. The van der Waals surface area contributed by atoms with E-state index in [1.807, 2.05) is 0 Å². The quantitative estimate of drug-likeness (QED) is 0.605. The van der Waals surface area contributed by atoms with E-state index in [2.05, 4.69) is 0 Å². The summed E-state index contributed by atoms with van der Waals surface area (Å²) in [6, 6.07) is 6.25. The van der Waals surface area contributed by atoms with Gasteiger partial charge in [-0.3, -0.25) is 0 Å². The molecule has 0 N–H and O–H groups in total. The van der Waals surface area contributed by atoms with Gasteiger partial charge in [0.2, 0.25) is 0 Å². The van der Waals surface area contributed by atoms with E-state index in [0.29, 0.717) is 5.56 Å². The van der Waals surface area contributed by atoms with Crippen molar-refractivity contribution in [3.63, 3.8) is 0 Å². The molecule has 0 radical (unpaired) electrons. The summed E-state index contributed by atoms with van der Waals surface area (Å²) < 4.78 is 77.1. The van der Waals surface area contributed by atoms with E-state index < -0.39 is 30.3 Å². The third kappa shape index (κ3) is 3.49. The Balaban J connectivity index is 2.47. The molecule has 1 aliphatic carbocycles. The summed E-state index contributed by atoms with van der Waals surface area (Å²) >= 11 is 0. The van der Waals surface area contributed by atoms with Crippen LogP contribution < -0.4 is 0 Å². The lowest BCUT2D eigenvalue weighted by Crippen LogP contribution is -2.29. The van der Waals surface area contributed by atoms with Gasteiger partial charge in [0.1, 0.15) is 0 Å². The summed E-state index contributed by atoms with van der Waals surface area (Å²) in [4.78, 5) is 0. The van der Waals surface area contributed by atoms with Crippen molar-refractivity contribution in [3.8, 4) is 0 Å². The predicted molar refractivity (Wildman–Crippen MR) is 67.5 cm³/mol. The third-order valence-electron chi connectivity index (χ3n) is 3.41. The molecule has 2 rings (SSSR count). The van der Waals surface area contributed by atoms with Gasteiger partial charge in [0.25, 0.3) is 0 Å². The predicted octanol–water partition coefficient (Wildman–Crippen LogP) is 5.45. The van der Waals surface area contributed by atoms with E-state index >= 15 is 0 Å². The molecule has 0 amide bonds. The fraction of sp³-hybridized carbons (Fsp3) is 0.333. The summed E-state index contributed by atoms with van der Waals surface area (Å²) in [5, 5.41) is 0. The minimum absolute atomic E-state index is 0.129. The lowest BCUT2D eigenvalue weighted by molar-refractivity contribution is -0.162. The highest BCUT2D eigenvalue weighted by Crippen LogP contribution is 2.46. The van der Waals surface area contributed by atoms with E-state index in [4.69, 9.17) is 0 Å². The minimum atomic E-state index is -4.74. The van der Waals surface area contributed by atoms with Gasteiger partial charge in [-0.25, -0.2) is 0 Å². The second-order valence-electron chi connectivity index (χ2n) is 4.98. The second-order valence-corrected chi connectivity index (χ2v) is 4.98. The normalized spacial score (nSPS) is 20.0. The zero-order valence-corrected chi connectivity index (χ0v) is 11.0. The Morgan fingerprint density at radius 1 is 0.905 bits per heavy atom. The average molecular weight is 306 g/mol. The maximum Gasteiger partial charge on any atom is 0.412 e. The first-order valence-corrected chi connectivity index (χ1v) is 6.21. The van der Waals surface area contributed by atoms with Crippen LogP contribution in [-0.2, 0) is 0 Å². The Hall–Kier alpha value is -1.72. The van der Waals surface area contributed by atoms with Gasteiger partial charge < -0.3 is 0 Å². The lowest BCUT2D eigenvalue weighted by atomic mass is 9.82. The number of allylic oxidation sites excluding steroid dienone is 4. The van der Waals surface area contributed by atoms with Gasteiger partial charge in [-0.2, -0.15) is 26.3 Å². The lowest BCUT2D eigenvalue weighted by Gasteiger charge is -2.28. The molecule has 6 heteroatoms. The number of hydrogen-bond donors (Lipinski definition) is 0. The molecule has 21 heavy (non-hydrogen) atoms. The van der Waals surface area contributed by atoms with Crippen LogP contribution in [0, 0.1) is 12.8 Å². The number of halogens is 6. The molecule has 0 aromatic heterocycles. The maximum absolute atomic E-state index is 13.1. The Bertz CT molecular complexity index is 572. The zero-order chi connectivity index (χ0) is 15.8. The highest BCUT2D eigenvalue weighted by molar-refractivity contribution is 5.71. The molecular formula is C15H12F6. The first kappa shape index (κ1) is 15.7. The van der Waals surface area contributed by atoms with Gasteiger partial charge in [-0.1, -0.05) is 42.0 Å². The number of aryl methyl sites for hydroxylation is 1. The topological polar surface area (TPSA) is 0 Å². The van der Waals surface area contributed by atoms with Crippen LogP contribution in [0.2, 0.25) is 0 Å². The fourth-order valence-corrected chi connectivity index (χ4v) is 2.25. The summed E-state index contributed by atoms with van der Waals surface area (Å²) in [5.41, 5.74) is -0.123. The van der Waals surface area contributed by atoms with Gasteiger partial charge in [-0.05, 0) is 24.5 Å². The molecule has 1 aromatic carbocycles. The molecule has 0 heterocycles. The Labute approximate surface area is 117 Å². The van der Waals surface area contributed by atoms with Crippen molar-refractivity contribution >= 4 is 5.57 Å². The van der Waals surface area contributed by atoms with Crippen LogP contribution >= 0.6 is 0 Å². The Morgan fingerprint density at radius 2 is 1.48 bits per heavy atom. The van der Waals surface area contributed by atoms with Gasteiger partial charge in [0, 0.05) is 5.57 Å². The number of hydrogen-bond acceptors (Lipinski definition) is 0. The van der Waals surface area contributed by atoms with E-state index in [-0.39, 0.29) is 5.57 Å². The van der Waals surface area contributed by atoms with Crippen molar-refractivity contribution in [1.29, 1.82) is 0 Å². The highest BCUT2D eigenvalue weighted by Gasteiger charge is 2.47. The van der Waals surface area contributed by atoms with Crippen LogP contribution in [0.5, 0.6) is 0 Å². The van der Waals surface area contributed by atoms with Crippen LogP contribution in [0.3, 0.4) is 0 Å². The summed E-state index contributed by atoms with van der Waals surface area (Å²) in [6.07, 6.45) is -8.88. The maximum atomic E-state index is 13.1. The minimum Gasteiger partial charge on any atom is -0.170 e. The molecule has 0 spiro atoms. The van der Waals surface area contributed by atoms with E-state index in [1.54, 1.807) is 19.1 Å². The summed E-state index contributed by atoms with van der Waals surface area (Å²) in [7, 11) is 0. The third-order valence-corrected chi connectivity index (χ3v) is 3.41. The van der Waals surface area contributed by atoms with Gasteiger partial charge in [0.05, 0.1) is 5.92 Å². The first-order chi connectivity index (χ1) is 9.59. The van der Waals surface area contributed by atoms with Crippen LogP contribution in [-0.4, -0.2) is 12.4 Å². The summed E-state index contributed by atoms with van der Waals surface area (Å²) in [5.74, 6) is -2.14. The zero-order valence-electron chi connectivity index (χ0n) is 11.0. The molecule has 0 saturated carbocycles. The van der Waals surface area contributed by atoms with Crippen molar-refractivity contribution in [3.05, 3.63) is 53.1 Å². The molecule has 0 saturated heterocycles. The SMILES string of the molecule is Cc1ccc(C2=CC=C(C(F)(F)F)CC2C(F)(F)F)cc1. The van der Waals surface area contributed by atoms with Crippen molar-refractivity contribution in [2.75, 3.05) is 0 Å². The molecular weight excluding hydrogens is 294 g/mol. The van der Waals surface area contributed by atoms with E-state index in [0.717, 1.165) is 17.7 Å². The van der Waals surface area contributed by atoms with E-state index in [9.17, 15) is 26.3 Å². The van der Waals surface area contributed by atoms with Gasteiger partial charge in [0.15, 0.2) is 0 Å². The Morgan fingerprint density at radius 3 is 1.95 bits per heavy atom. The number of rotatable bonds is 1. The first-order valence-electron chi connectivity index (χ1n) is 6.21. The van der Waals surface area contributed by atoms with Gasteiger partial charge in [-0.15, -0.1) is 0 Å². The monoisotopic (exact) mass is 306 g/mol. The standard InChI is InChI=1S/C15H12F6/c1-9-2-4-10(5-3-9)12-7-6-11(14(16,17)18)8-13(12)15(19,20)21/h2-7,13H,8H2,1H3. The second kappa shape index (κ2) is 5.24. The van der Waals surface area contributed by atoms with Crippen molar-refractivity contribution in [2.45, 2.75) is 25.7 Å². The van der Waals surface area contributed by atoms with Crippen LogP contribution in [0.1, 0.15) is 17.5 Å². The fourth-order valence-electron chi connectivity index (χ4n) is 2.25. The van der Waals surface area contributed by atoms with Crippen molar-refractivity contribution < 1.29 is 26.3 Å². The van der Waals surface area contributed by atoms with Crippen LogP contribution in [0.4, 0.5) is 26.3 Å². The van der Waals surface area contributed by atoms with Crippen LogP contribution in [0.25, 0.3) is 5.57 Å². The summed E-state index contributed by atoms with van der Waals surface area (Å²) in [6.45, 7) is 1.78. The van der Waals surface area contributed by atoms with Crippen LogP contribution in [0.15, 0.2) is 42.0 Å². The smallest absolute Gasteiger partial charge is 0.170 e. The Kier molecular flexibility index (Phi) is 3.91. The molecule has 1 unspecified atom stereocenters. The van der Waals surface area contributed by atoms with E-state index in [1.165, 1.54) is 12.1 Å². The largest absolute Gasteiger partial charge is 0.412 e. The molecule has 1 aliphatic rings. The molecule has 0 aliphatic heterocycles. The van der Waals surface area contributed by atoms with Gasteiger partial charge >= 0.3 is 12.4 Å². The molecule has 114 valence electrons. The number of benzene rings is 1. The van der Waals surface area contributed by atoms with Crippen molar-refractivity contribution in [1.82, 2.24) is 0 Å². The molecule has 1 aromatic rings. The molecule has 0 nitrogen and oxygen atoms in total.